The predicted molar refractivity (Wildman–Crippen MR) is 107 cm³/mol. The topological polar surface area (TPSA) is 111 Å². The number of nitrogens with one attached hydrogen (secondary N) is 1. The fraction of sp³-hybridized carbons (Fsp3) is 0.947. The molecule has 0 bridgehead atoms. The van der Waals surface area contributed by atoms with E-state index in [0.29, 0.717) is 79.2 Å². The van der Waals surface area contributed by atoms with E-state index in [-0.39, 0.29) is 0 Å². The van der Waals surface area contributed by atoms with Crippen molar-refractivity contribution >= 4 is 6.09 Å². The lowest BCUT2D eigenvalue weighted by atomic mass is 10.2. The smallest absolute Gasteiger partial charge is 0.407 e. The molecule has 0 saturated heterocycles. The summed E-state index contributed by atoms with van der Waals surface area (Å²) in [4.78, 5) is 11.4. The molecule has 0 aromatic rings. The molecule has 3 N–H and O–H groups in total. The van der Waals surface area contributed by atoms with Crippen LogP contribution in [0.15, 0.2) is 0 Å². The van der Waals surface area contributed by atoms with Gasteiger partial charge in [-0.3, -0.25) is 0 Å². The Labute approximate surface area is 169 Å². The van der Waals surface area contributed by atoms with Crippen LogP contribution in [0.4, 0.5) is 4.79 Å². The summed E-state index contributed by atoms with van der Waals surface area (Å²) in [5.74, 6) is 0. The van der Waals surface area contributed by atoms with Crippen LogP contribution in [-0.2, 0) is 28.4 Å². The SMILES string of the molecule is CC(C)(C)OC(=O)NCCCOCCOCCOCCOCCOCCCN. The van der Waals surface area contributed by atoms with E-state index < -0.39 is 11.7 Å². The van der Waals surface area contributed by atoms with Gasteiger partial charge in [-0.25, -0.2) is 4.79 Å². The molecule has 1 amide bonds. The number of hydrogen-bond donors (Lipinski definition) is 2. The second kappa shape index (κ2) is 19.4. The van der Waals surface area contributed by atoms with E-state index in [1.807, 2.05) is 20.8 Å². The fourth-order valence-electron chi connectivity index (χ4n) is 1.85. The largest absolute Gasteiger partial charge is 0.444 e. The molecule has 0 radical (unpaired) electrons. The molecular formula is C19H40N2O7. The Kier molecular flexibility index (Phi) is 18.7. The molecule has 0 aliphatic carbocycles. The van der Waals surface area contributed by atoms with Gasteiger partial charge in [0.15, 0.2) is 0 Å². The quantitative estimate of drug-likeness (QED) is 0.308. The van der Waals surface area contributed by atoms with Crippen molar-refractivity contribution in [2.75, 3.05) is 79.2 Å². The van der Waals surface area contributed by atoms with Crippen LogP contribution in [0, 0.1) is 0 Å². The molecule has 0 saturated carbocycles. The first-order valence-corrected chi connectivity index (χ1v) is 10.0. The number of ether oxygens (including phenoxy) is 6. The molecule has 0 heterocycles. The van der Waals surface area contributed by atoms with E-state index in [1.54, 1.807) is 0 Å². The fourth-order valence-corrected chi connectivity index (χ4v) is 1.85. The van der Waals surface area contributed by atoms with Crippen LogP contribution in [0.2, 0.25) is 0 Å². The first-order valence-electron chi connectivity index (χ1n) is 10.0. The standard InChI is InChI=1S/C19H40N2O7/c1-19(2,3)28-18(22)21-7-5-9-24-11-13-26-15-17-27-16-14-25-12-10-23-8-4-6-20/h4-17,20H2,1-3H3,(H,21,22). The van der Waals surface area contributed by atoms with Gasteiger partial charge in [-0.05, 0) is 40.2 Å². The summed E-state index contributed by atoms with van der Waals surface area (Å²) in [7, 11) is 0. The minimum Gasteiger partial charge on any atom is -0.444 e. The van der Waals surface area contributed by atoms with Gasteiger partial charge in [-0.2, -0.15) is 0 Å². The third-order valence-corrected chi connectivity index (χ3v) is 3.11. The van der Waals surface area contributed by atoms with Gasteiger partial charge in [0.25, 0.3) is 0 Å². The van der Waals surface area contributed by atoms with Gasteiger partial charge in [0.2, 0.25) is 0 Å². The molecule has 0 aliphatic rings. The number of alkyl carbamates (subject to hydrolysis) is 1. The van der Waals surface area contributed by atoms with Crippen molar-refractivity contribution in [2.45, 2.75) is 39.2 Å². The molecule has 0 aliphatic heterocycles. The summed E-state index contributed by atoms with van der Waals surface area (Å²) in [6.45, 7) is 12.2. The number of carbonyl (C=O) groups is 1. The van der Waals surface area contributed by atoms with E-state index in [0.717, 1.165) is 12.8 Å². The minimum absolute atomic E-state index is 0.405. The molecule has 0 atom stereocenters. The average Bonchev–Trinajstić information content (AvgIpc) is 2.62. The molecule has 9 nitrogen and oxygen atoms in total. The number of carbonyl (C=O) groups excluding carboxylic acids is 1. The summed E-state index contributed by atoms with van der Waals surface area (Å²) in [5, 5.41) is 2.68. The van der Waals surface area contributed by atoms with Crippen LogP contribution in [0.25, 0.3) is 0 Å². The lowest BCUT2D eigenvalue weighted by Crippen LogP contribution is -2.33. The highest BCUT2D eigenvalue weighted by Gasteiger charge is 2.15. The van der Waals surface area contributed by atoms with Crippen molar-refractivity contribution in [3.8, 4) is 0 Å². The van der Waals surface area contributed by atoms with Crippen LogP contribution in [0.3, 0.4) is 0 Å². The Morgan fingerprint density at radius 1 is 0.714 bits per heavy atom. The van der Waals surface area contributed by atoms with Gasteiger partial charge in [0, 0.05) is 19.8 Å². The molecule has 0 unspecified atom stereocenters. The summed E-state index contributed by atoms with van der Waals surface area (Å²) in [6.07, 6.45) is 1.19. The van der Waals surface area contributed by atoms with Gasteiger partial charge in [0.1, 0.15) is 5.60 Å². The molecule has 0 rings (SSSR count). The highest BCUT2D eigenvalue weighted by atomic mass is 16.6. The highest BCUT2D eigenvalue weighted by molar-refractivity contribution is 5.67. The Balaban J connectivity index is 3.11. The van der Waals surface area contributed by atoms with E-state index in [4.69, 9.17) is 34.2 Å². The third-order valence-electron chi connectivity index (χ3n) is 3.11. The summed E-state index contributed by atoms with van der Waals surface area (Å²) < 4.78 is 32.0. The second-order valence-corrected chi connectivity index (χ2v) is 6.99. The van der Waals surface area contributed by atoms with Gasteiger partial charge >= 0.3 is 6.09 Å². The number of amides is 1. The van der Waals surface area contributed by atoms with Crippen LogP contribution < -0.4 is 11.1 Å². The molecule has 0 aromatic heterocycles. The van der Waals surface area contributed by atoms with Crippen molar-refractivity contribution < 1.29 is 33.2 Å². The van der Waals surface area contributed by atoms with E-state index in [2.05, 4.69) is 5.32 Å². The maximum atomic E-state index is 11.4. The Morgan fingerprint density at radius 2 is 1.11 bits per heavy atom. The van der Waals surface area contributed by atoms with Crippen molar-refractivity contribution in [1.29, 1.82) is 0 Å². The van der Waals surface area contributed by atoms with E-state index in [9.17, 15) is 4.79 Å². The zero-order valence-electron chi connectivity index (χ0n) is 17.8. The predicted octanol–water partition coefficient (Wildman–Crippen LogP) is 1.33. The molecule has 0 spiro atoms. The lowest BCUT2D eigenvalue weighted by molar-refractivity contribution is -0.0111. The molecule has 168 valence electrons. The maximum Gasteiger partial charge on any atom is 0.407 e. The number of rotatable bonds is 19. The molecule has 9 heteroatoms. The third kappa shape index (κ3) is 23.1. The number of hydrogen-bond acceptors (Lipinski definition) is 8. The monoisotopic (exact) mass is 408 g/mol. The summed E-state index contributed by atoms with van der Waals surface area (Å²) in [5.41, 5.74) is 4.89. The minimum atomic E-state index is -0.478. The molecule has 0 aromatic carbocycles. The molecule has 0 fully saturated rings. The normalized spacial score (nSPS) is 11.6. The van der Waals surface area contributed by atoms with E-state index >= 15 is 0 Å². The summed E-state index contributed by atoms with van der Waals surface area (Å²) in [6, 6.07) is 0. The highest BCUT2D eigenvalue weighted by Crippen LogP contribution is 2.06. The van der Waals surface area contributed by atoms with Crippen LogP contribution in [-0.4, -0.2) is 90.9 Å². The Hall–Kier alpha value is -0.970. The van der Waals surface area contributed by atoms with Crippen LogP contribution in [0.5, 0.6) is 0 Å². The van der Waals surface area contributed by atoms with Crippen molar-refractivity contribution in [2.24, 2.45) is 5.73 Å². The molecule has 28 heavy (non-hydrogen) atoms. The average molecular weight is 409 g/mol. The van der Waals surface area contributed by atoms with Crippen molar-refractivity contribution in [3.63, 3.8) is 0 Å². The van der Waals surface area contributed by atoms with Crippen LogP contribution >= 0.6 is 0 Å². The van der Waals surface area contributed by atoms with Gasteiger partial charge in [0.05, 0.1) is 52.9 Å². The first kappa shape index (κ1) is 27.0. The van der Waals surface area contributed by atoms with Gasteiger partial charge in [-0.1, -0.05) is 0 Å². The van der Waals surface area contributed by atoms with Crippen molar-refractivity contribution in [1.82, 2.24) is 5.32 Å². The zero-order valence-corrected chi connectivity index (χ0v) is 17.8. The maximum absolute atomic E-state index is 11.4. The van der Waals surface area contributed by atoms with Crippen LogP contribution in [0.1, 0.15) is 33.6 Å². The lowest BCUT2D eigenvalue weighted by Gasteiger charge is -2.19. The molecular weight excluding hydrogens is 368 g/mol. The zero-order chi connectivity index (χ0) is 20.9. The first-order chi connectivity index (χ1) is 13.5. The van der Waals surface area contributed by atoms with Crippen molar-refractivity contribution in [3.05, 3.63) is 0 Å². The van der Waals surface area contributed by atoms with Gasteiger partial charge < -0.3 is 39.5 Å². The van der Waals surface area contributed by atoms with E-state index in [1.165, 1.54) is 0 Å². The van der Waals surface area contributed by atoms with Gasteiger partial charge in [-0.15, -0.1) is 0 Å². The summed E-state index contributed by atoms with van der Waals surface area (Å²) >= 11 is 0. The Morgan fingerprint density at radius 3 is 1.50 bits per heavy atom. The second-order valence-electron chi connectivity index (χ2n) is 6.99. The number of nitrogens with two attached hydrogens (primary N) is 1. The Bertz CT molecular complexity index is 352.